The Morgan fingerprint density at radius 3 is 2.70 bits per heavy atom. The van der Waals surface area contributed by atoms with Gasteiger partial charge in [-0.25, -0.2) is 0 Å². The van der Waals surface area contributed by atoms with Gasteiger partial charge in [0.15, 0.2) is 11.3 Å². The van der Waals surface area contributed by atoms with Crippen LogP contribution < -0.4 is 5.43 Å². The number of phenols is 2. The fourth-order valence-electron chi connectivity index (χ4n) is 2.67. The van der Waals surface area contributed by atoms with Gasteiger partial charge in [-0.15, -0.1) is 0 Å². The average molecular weight is 314 g/mol. The molecule has 3 rings (SSSR count). The maximum atomic E-state index is 12.5. The van der Waals surface area contributed by atoms with Crippen LogP contribution in [-0.4, -0.2) is 21.9 Å². The number of fused-ring (bicyclic) bond motifs is 2. The van der Waals surface area contributed by atoms with Crippen LogP contribution in [0.2, 0.25) is 0 Å². The van der Waals surface area contributed by atoms with Crippen molar-refractivity contribution in [3.63, 3.8) is 0 Å². The Hall–Kier alpha value is -2.53. The Morgan fingerprint density at radius 1 is 1.17 bits per heavy atom. The van der Waals surface area contributed by atoms with Crippen LogP contribution in [-0.2, 0) is 6.42 Å². The summed E-state index contributed by atoms with van der Waals surface area (Å²) in [4.78, 5) is 12.5. The molecule has 0 aliphatic carbocycles. The molecule has 120 valence electrons. The Balaban J connectivity index is 2.18. The zero-order valence-electron chi connectivity index (χ0n) is 12.7. The number of aryl methyl sites for hydroxylation is 1. The van der Waals surface area contributed by atoms with Crippen molar-refractivity contribution < 1.29 is 19.7 Å². The van der Waals surface area contributed by atoms with Crippen molar-refractivity contribution in [3.05, 3.63) is 46.1 Å². The molecule has 1 heterocycles. The number of benzene rings is 2. The molecule has 5 heteroatoms. The Kier molecular flexibility index (Phi) is 3.96. The molecule has 3 N–H and O–H groups in total. The molecule has 1 unspecified atom stereocenters. The predicted octanol–water partition coefficient (Wildman–Crippen LogP) is 2.92. The molecule has 0 saturated heterocycles. The summed E-state index contributed by atoms with van der Waals surface area (Å²) < 4.78 is 5.65. The van der Waals surface area contributed by atoms with Gasteiger partial charge in [-0.3, -0.25) is 4.79 Å². The molecule has 5 nitrogen and oxygen atoms in total. The summed E-state index contributed by atoms with van der Waals surface area (Å²) in [6, 6.07) is 7.87. The highest BCUT2D eigenvalue weighted by Gasteiger charge is 2.16. The Labute approximate surface area is 132 Å². The normalized spacial score (nSPS) is 12.8. The van der Waals surface area contributed by atoms with Gasteiger partial charge in [0.05, 0.1) is 5.39 Å². The minimum Gasteiger partial charge on any atom is -0.507 e. The minimum atomic E-state index is -0.370. The van der Waals surface area contributed by atoms with E-state index in [0.717, 1.165) is 0 Å². The molecule has 0 spiro atoms. The van der Waals surface area contributed by atoms with Crippen molar-refractivity contribution in [2.45, 2.75) is 19.8 Å². The lowest BCUT2D eigenvalue weighted by Gasteiger charge is -2.10. The number of aliphatic hydroxyl groups is 1. The van der Waals surface area contributed by atoms with Crippen molar-refractivity contribution in [2.24, 2.45) is 5.92 Å². The highest BCUT2D eigenvalue weighted by atomic mass is 16.4. The standard InChI is InChI=1S/C18H18O5/c1-10(9-19)5-6-11-7-8-12-17(22)15-13(20)3-2-4-14(15)23-18(12)16(11)21/h2-4,7-8,10,19-21H,5-6,9H2,1H3. The van der Waals surface area contributed by atoms with Crippen LogP contribution in [0.1, 0.15) is 18.9 Å². The van der Waals surface area contributed by atoms with Crippen LogP contribution in [0.4, 0.5) is 0 Å². The average Bonchev–Trinajstić information content (AvgIpc) is 2.54. The summed E-state index contributed by atoms with van der Waals surface area (Å²) in [5.41, 5.74) is 0.659. The lowest BCUT2D eigenvalue weighted by molar-refractivity contribution is 0.230. The fraction of sp³-hybridized carbons (Fsp3) is 0.278. The van der Waals surface area contributed by atoms with E-state index in [1.54, 1.807) is 24.3 Å². The van der Waals surface area contributed by atoms with Crippen LogP contribution in [0.3, 0.4) is 0 Å². The third-order valence-corrected chi connectivity index (χ3v) is 4.12. The second kappa shape index (κ2) is 5.93. The second-order valence-corrected chi connectivity index (χ2v) is 5.86. The SMILES string of the molecule is CC(CO)CCc1ccc2c(=O)c3c(O)cccc3oc2c1O. The second-order valence-electron chi connectivity index (χ2n) is 5.86. The van der Waals surface area contributed by atoms with E-state index in [0.29, 0.717) is 18.4 Å². The summed E-state index contributed by atoms with van der Waals surface area (Å²) in [6.07, 6.45) is 1.29. The Bertz CT molecular complexity index is 926. The topological polar surface area (TPSA) is 90.9 Å². The van der Waals surface area contributed by atoms with E-state index in [2.05, 4.69) is 0 Å². The van der Waals surface area contributed by atoms with Crippen molar-refractivity contribution in [1.29, 1.82) is 0 Å². The Morgan fingerprint density at radius 2 is 1.96 bits per heavy atom. The van der Waals surface area contributed by atoms with E-state index < -0.39 is 0 Å². The molecular weight excluding hydrogens is 296 g/mol. The maximum absolute atomic E-state index is 12.5. The van der Waals surface area contributed by atoms with Gasteiger partial charge >= 0.3 is 0 Å². The molecule has 2 aromatic carbocycles. The molecule has 0 fully saturated rings. The molecule has 1 aromatic heterocycles. The molecule has 0 radical (unpaired) electrons. The first-order chi connectivity index (χ1) is 11.0. The molecule has 0 saturated carbocycles. The van der Waals surface area contributed by atoms with Crippen LogP contribution in [0, 0.1) is 5.92 Å². The third-order valence-electron chi connectivity index (χ3n) is 4.12. The number of aromatic hydroxyl groups is 2. The minimum absolute atomic E-state index is 0.0602. The maximum Gasteiger partial charge on any atom is 0.204 e. The van der Waals surface area contributed by atoms with Gasteiger partial charge in [0.2, 0.25) is 5.43 Å². The van der Waals surface area contributed by atoms with Gasteiger partial charge in [0.25, 0.3) is 0 Å². The summed E-state index contributed by atoms with van der Waals surface area (Å²) in [7, 11) is 0. The van der Waals surface area contributed by atoms with E-state index in [9.17, 15) is 15.0 Å². The zero-order valence-corrected chi connectivity index (χ0v) is 12.7. The van der Waals surface area contributed by atoms with Gasteiger partial charge in [0, 0.05) is 6.61 Å². The van der Waals surface area contributed by atoms with Gasteiger partial charge in [0.1, 0.15) is 16.7 Å². The first-order valence-electron chi connectivity index (χ1n) is 7.53. The van der Waals surface area contributed by atoms with Crippen LogP contribution in [0.25, 0.3) is 21.9 Å². The lowest BCUT2D eigenvalue weighted by atomic mass is 9.99. The monoisotopic (exact) mass is 314 g/mol. The summed E-state index contributed by atoms with van der Waals surface area (Å²) in [5.74, 6) is -0.0703. The quantitative estimate of drug-likeness (QED) is 0.644. The van der Waals surface area contributed by atoms with Crippen LogP contribution in [0.15, 0.2) is 39.5 Å². The molecule has 0 aliphatic rings. The number of rotatable bonds is 4. The summed E-state index contributed by atoms with van der Waals surface area (Å²) >= 11 is 0. The number of phenolic OH excluding ortho intramolecular Hbond substituents is 2. The van der Waals surface area contributed by atoms with Crippen LogP contribution in [0.5, 0.6) is 11.5 Å². The van der Waals surface area contributed by atoms with E-state index in [-0.39, 0.29) is 51.4 Å². The van der Waals surface area contributed by atoms with E-state index in [1.807, 2.05) is 6.92 Å². The zero-order chi connectivity index (χ0) is 16.6. The van der Waals surface area contributed by atoms with Crippen molar-refractivity contribution in [1.82, 2.24) is 0 Å². The molecule has 0 bridgehead atoms. The molecule has 3 aromatic rings. The van der Waals surface area contributed by atoms with Gasteiger partial charge < -0.3 is 19.7 Å². The van der Waals surface area contributed by atoms with Gasteiger partial charge in [-0.1, -0.05) is 19.1 Å². The molecule has 0 aliphatic heterocycles. The van der Waals surface area contributed by atoms with E-state index in [1.165, 1.54) is 6.07 Å². The summed E-state index contributed by atoms with van der Waals surface area (Å²) in [6.45, 7) is 2.02. The van der Waals surface area contributed by atoms with E-state index >= 15 is 0 Å². The highest BCUT2D eigenvalue weighted by molar-refractivity contribution is 5.95. The van der Waals surface area contributed by atoms with Crippen LogP contribution >= 0.6 is 0 Å². The molecule has 0 amide bonds. The van der Waals surface area contributed by atoms with Crippen molar-refractivity contribution in [2.75, 3.05) is 6.61 Å². The fourth-order valence-corrected chi connectivity index (χ4v) is 2.67. The molecule has 23 heavy (non-hydrogen) atoms. The third kappa shape index (κ3) is 2.64. The smallest absolute Gasteiger partial charge is 0.204 e. The van der Waals surface area contributed by atoms with Gasteiger partial charge in [-0.2, -0.15) is 0 Å². The number of hydrogen-bond donors (Lipinski definition) is 3. The molecule has 1 atom stereocenters. The van der Waals surface area contributed by atoms with E-state index in [4.69, 9.17) is 9.52 Å². The van der Waals surface area contributed by atoms with Crippen molar-refractivity contribution in [3.8, 4) is 11.5 Å². The van der Waals surface area contributed by atoms with Crippen molar-refractivity contribution >= 4 is 21.9 Å². The van der Waals surface area contributed by atoms with Gasteiger partial charge in [-0.05, 0) is 42.5 Å². The lowest BCUT2D eigenvalue weighted by Crippen LogP contribution is -2.05. The first kappa shape index (κ1) is 15.4. The number of hydrogen-bond acceptors (Lipinski definition) is 5. The first-order valence-corrected chi connectivity index (χ1v) is 7.53. The largest absolute Gasteiger partial charge is 0.507 e. The molecular formula is C18H18O5. The summed E-state index contributed by atoms with van der Waals surface area (Å²) in [5, 5.41) is 29.7. The predicted molar refractivity (Wildman–Crippen MR) is 87.9 cm³/mol. The highest BCUT2D eigenvalue weighted by Crippen LogP contribution is 2.32. The number of aliphatic hydroxyl groups excluding tert-OH is 1.